The molecule has 0 saturated heterocycles. The van der Waals surface area contributed by atoms with Gasteiger partial charge in [0, 0.05) is 19.2 Å². The number of fused-ring (bicyclic) bond motifs is 1. The van der Waals surface area contributed by atoms with Crippen molar-refractivity contribution >= 4 is 0 Å². The second kappa shape index (κ2) is 4.53. The number of aryl methyl sites for hydroxylation is 1. The highest BCUT2D eigenvalue weighted by atomic mass is 19.1. The normalized spacial score (nSPS) is 18.7. The number of rotatable bonds is 2. The minimum atomic E-state index is -0.173. The molecule has 1 atom stereocenters. The fraction of sp³-hybridized carbons (Fsp3) is 0.357. The zero-order valence-electron chi connectivity index (χ0n) is 10.1. The Bertz CT molecular complexity index is 562. The number of hydrogen-bond acceptors (Lipinski definition) is 2. The third-order valence-electron chi connectivity index (χ3n) is 3.43. The molecule has 2 aromatic rings. The van der Waals surface area contributed by atoms with Crippen LogP contribution in [0.3, 0.4) is 0 Å². The highest BCUT2D eigenvalue weighted by Gasteiger charge is 2.19. The van der Waals surface area contributed by atoms with Crippen molar-refractivity contribution < 1.29 is 4.39 Å². The Morgan fingerprint density at radius 3 is 3.00 bits per heavy atom. The van der Waals surface area contributed by atoms with Crippen LogP contribution >= 0.6 is 0 Å². The molecule has 4 heteroatoms. The van der Waals surface area contributed by atoms with Gasteiger partial charge in [0.2, 0.25) is 0 Å². The highest BCUT2D eigenvalue weighted by Crippen LogP contribution is 2.23. The largest absolute Gasteiger partial charge is 0.333 e. The van der Waals surface area contributed by atoms with E-state index in [1.165, 1.54) is 6.07 Å². The minimum Gasteiger partial charge on any atom is -0.333 e. The molecule has 0 saturated carbocycles. The van der Waals surface area contributed by atoms with Crippen molar-refractivity contribution in [3.63, 3.8) is 0 Å². The van der Waals surface area contributed by atoms with Crippen molar-refractivity contribution in [1.82, 2.24) is 9.55 Å². The third-order valence-corrected chi connectivity index (χ3v) is 3.43. The minimum absolute atomic E-state index is 0.0214. The second-order valence-electron chi connectivity index (χ2n) is 4.80. The fourth-order valence-electron chi connectivity index (χ4n) is 2.49. The van der Waals surface area contributed by atoms with E-state index in [0.717, 1.165) is 30.9 Å². The van der Waals surface area contributed by atoms with E-state index in [9.17, 15) is 4.39 Å². The lowest BCUT2D eigenvalue weighted by molar-refractivity contribution is 0.451. The van der Waals surface area contributed by atoms with Gasteiger partial charge in [0.05, 0.1) is 11.7 Å². The molecule has 0 amide bonds. The van der Waals surface area contributed by atoms with Gasteiger partial charge in [0.25, 0.3) is 0 Å². The topological polar surface area (TPSA) is 43.8 Å². The predicted molar refractivity (Wildman–Crippen MR) is 67.6 cm³/mol. The summed E-state index contributed by atoms with van der Waals surface area (Å²) in [7, 11) is 0. The van der Waals surface area contributed by atoms with Crippen molar-refractivity contribution in [1.29, 1.82) is 0 Å². The molecule has 18 heavy (non-hydrogen) atoms. The fourth-order valence-corrected chi connectivity index (χ4v) is 2.49. The molecule has 3 nitrogen and oxygen atoms in total. The van der Waals surface area contributed by atoms with Crippen LogP contribution in [0.15, 0.2) is 30.5 Å². The van der Waals surface area contributed by atoms with Crippen LogP contribution in [-0.2, 0) is 13.0 Å². The molecule has 0 spiro atoms. The summed E-state index contributed by atoms with van der Waals surface area (Å²) in [6, 6.07) is 6.85. The first-order valence-corrected chi connectivity index (χ1v) is 6.29. The van der Waals surface area contributed by atoms with Crippen LogP contribution in [0.2, 0.25) is 0 Å². The maximum absolute atomic E-state index is 13.6. The first-order chi connectivity index (χ1) is 8.74. The van der Waals surface area contributed by atoms with Crippen molar-refractivity contribution in [2.45, 2.75) is 31.8 Å². The molecule has 1 aliphatic heterocycles. The Kier molecular flexibility index (Phi) is 2.88. The van der Waals surface area contributed by atoms with Gasteiger partial charge in [-0.2, -0.15) is 0 Å². The van der Waals surface area contributed by atoms with Gasteiger partial charge in [-0.15, -0.1) is 0 Å². The standard InChI is InChI=1S/C14H16FN3/c15-12-5-2-1-4-10(12)8-11-9-18-7-3-6-13(16)14(18)17-11/h1-2,4-5,9,13H,3,6-8,16H2. The average Bonchev–Trinajstić information content (AvgIpc) is 2.76. The highest BCUT2D eigenvalue weighted by molar-refractivity contribution is 5.23. The van der Waals surface area contributed by atoms with Gasteiger partial charge >= 0.3 is 0 Å². The maximum atomic E-state index is 13.6. The molecule has 94 valence electrons. The summed E-state index contributed by atoms with van der Waals surface area (Å²) in [5, 5.41) is 0. The molecule has 0 radical (unpaired) electrons. The molecule has 0 fully saturated rings. The van der Waals surface area contributed by atoms with E-state index in [1.54, 1.807) is 12.1 Å². The van der Waals surface area contributed by atoms with Crippen LogP contribution in [0.25, 0.3) is 0 Å². The summed E-state index contributed by atoms with van der Waals surface area (Å²) in [6.45, 7) is 0.966. The summed E-state index contributed by atoms with van der Waals surface area (Å²) in [5.74, 6) is 0.764. The van der Waals surface area contributed by atoms with Gasteiger partial charge in [-0.05, 0) is 24.5 Å². The summed E-state index contributed by atoms with van der Waals surface area (Å²) in [5.41, 5.74) is 7.60. The van der Waals surface area contributed by atoms with Crippen molar-refractivity contribution in [2.24, 2.45) is 5.73 Å². The van der Waals surface area contributed by atoms with E-state index in [-0.39, 0.29) is 11.9 Å². The van der Waals surface area contributed by atoms with Crippen molar-refractivity contribution in [2.75, 3.05) is 0 Å². The van der Waals surface area contributed by atoms with Crippen molar-refractivity contribution in [3.8, 4) is 0 Å². The van der Waals surface area contributed by atoms with E-state index in [4.69, 9.17) is 5.73 Å². The number of nitrogens with two attached hydrogens (primary N) is 1. The first kappa shape index (κ1) is 11.4. The van der Waals surface area contributed by atoms with Gasteiger partial charge in [-0.3, -0.25) is 0 Å². The van der Waals surface area contributed by atoms with Crippen LogP contribution < -0.4 is 5.73 Å². The molecular weight excluding hydrogens is 229 g/mol. The second-order valence-corrected chi connectivity index (χ2v) is 4.80. The van der Waals surface area contributed by atoms with Gasteiger partial charge < -0.3 is 10.3 Å². The van der Waals surface area contributed by atoms with Crippen LogP contribution in [0.4, 0.5) is 4.39 Å². The van der Waals surface area contributed by atoms with E-state index in [2.05, 4.69) is 9.55 Å². The first-order valence-electron chi connectivity index (χ1n) is 6.29. The number of halogens is 1. The lowest BCUT2D eigenvalue weighted by atomic mass is 10.1. The number of hydrogen-bond donors (Lipinski definition) is 1. The van der Waals surface area contributed by atoms with E-state index >= 15 is 0 Å². The van der Waals surface area contributed by atoms with E-state index in [1.807, 2.05) is 12.3 Å². The Morgan fingerprint density at radius 2 is 2.22 bits per heavy atom. The summed E-state index contributed by atoms with van der Waals surface area (Å²) in [4.78, 5) is 4.54. The molecule has 1 aromatic carbocycles. The Morgan fingerprint density at radius 1 is 1.39 bits per heavy atom. The summed E-state index contributed by atoms with van der Waals surface area (Å²) in [6.07, 6.45) is 4.60. The number of benzene rings is 1. The molecule has 2 heterocycles. The zero-order valence-corrected chi connectivity index (χ0v) is 10.1. The lowest BCUT2D eigenvalue weighted by Gasteiger charge is -2.19. The zero-order chi connectivity index (χ0) is 12.5. The maximum Gasteiger partial charge on any atom is 0.126 e. The monoisotopic (exact) mass is 245 g/mol. The Labute approximate surface area is 105 Å². The molecule has 1 aliphatic rings. The number of aromatic nitrogens is 2. The molecule has 1 aromatic heterocycles. The van der Waals surface area contributed by atoms with Crippen LogP contribution in [0.1, 0.15) is 36.0 Å². The number of nitrogens with zero attached hydrogens (tertiary/aromatic N) is 2. The third kappa shape index (κ3) is 2.04. The lowest BCUT2D eigenvalue weighted by Crippen LogP contribution is -2.21. The van der Waals surface area contributed by atoms with Crippen LogP contribution in [-0.4, -0.2) is 9.55 Å². The Balaban J connectivity index is 1.88. The quantitative estimate of drug-likeness (QED) is 0.883. The van der Waals surface area contributed by atoms with Crippen molar-refractivity contribution in [3.05, 3.63) is 53.4 Å². The van der Waals surface area contributed by atoms with Crippen LogP contribution in [0, 0.1) is 5.82 Å². The molecule has 2 N–H and O–H groups in total. The summed E-state index contributed by atoms with van der Waals surface area (Å²) < 4.78 is 15.7. The molecule has 1 unspecified atom stereocenters. The van der Waals surface area contributed by atoms with E-state index < -0.39 is 0 Å². The smallest absolute Gasteiger partial charge is 0.126 e. The average molecular weight is 245 g/mol. The van der Waals surface area contributed by atoms with Gasteiger partial charge in [0.15, 0.2) is 0 Å². The molecule has 0 bridgehead atoms. The number of imidazole rings is 1. The predicted octanol–water partition coefficient (Wildman–Crippen LogP) is 2.41. The SMILES string of the molecule is NC1CCCn2cc(Cc3ccccc3F)nc21. The molecular formula is C14H16FN3. The van der Waals surface area contributed by atoms with E-state index in [0.29, 0.717) is 12.0 Å². The van der Waals surface area contributed by atoms with Crippen LogP contribution in [0.5, 0.6) is 0 Å². The van der Waals surface area contributed by atoms with Gasteiger partial charge in [-0.25, -0.2) is 9.37 Å². The molecule has 3 rings (SSSR count). The van der Waals surface area contributed by atoms with Gasteiger partial charge in [-0.1, -0.05) is 18.2 Å². The summed E-state index contributed by atoms with van der Waals surface area (Å²) >= 11 is 0. The Hall–Kier alpha value is -1.68. The molecule has 0 aliphatic carbocycles. The van der Waals surface area contributed by atoms with Gasteiger partial charge in [0.1, 0.15) is 11.6 Å².